The fourth-order valence-electron chi connectivity index (χ4n) is 1.50. The molecule has 0 amide bonds. The van der Waals surface area contributed by atoms with Gasteiger partial charge in [0, 0.05) is 11.1 Å². The van der Waals surface area contributed by atoms with Gasteiger partial charge in [0.1, 0.15) is 11.5 Å². The van der Waals surface area contributed by atoms with Crippen molar-refractivity contribution >= 4 is 5.71 Å². The molecule has 0 unspecified atom stereocenters. The van der Waals surface area contributed by atoms with E-state index >= 15 is 0 Å². The van der Waals surface area contributed by atoms with Crippen LogP contribution in [0.25, 0.3) is 0 Å². The van der Waals surface area contributed by atoms with Gasteiger partial charge in [-0.25, -0.2) is 0 Å². The van der Waals surface area contributed by atoms with Crippen LogP contribution in [0.15, 0.2) is 17.3 Å². The SMILES string of the molecule is COc1ccc(C(C)=NO)c(OC)c1C. The molecule has 0 saturated heterocycles. The third kappa shape index (κ3) is 2.03. The molecule has 1 rings (SSSR count). The summed E-state index contributed by atoms with van der Waals surface area (Å²) in [6, 6.07) is 3.63. The van der Waals surface area contributed by atoms with Crippen LogP contribution in [0.1, 0.15) is 18.1 Å². The molecule has 0 aliphatic carbocycles. The molecule has 0 aliphatic heterocycles. The first kappa shape index (κ1) is 11.4. The summed E-state index contributed by atoms with van der Waals surface area (Å²) in [5.74, 6) is 1.42. The second-order valence-electron chi connectivity index (χ2n) is 3.16. The van der Waals surface area contributed by atoms with Crippen molar-refractivity contribution in [3.05, 3.63) is 23.3 Å². The van der Waals surface area contributed by atoms with Crippen LogP contribution in [-0.4, -0.2) is 25.1 Å². The molecule has 0 heterocycles. The Morgan fingerprint density at radius 3 is 2.40 bits per heavy atom. The monoisotopic (exact) mass is 209 g/mol. The highest BCUT2D eigenvalue weighted by Crippen LogP contribution is 2.31. The van der Waals surface area contributed by atoms with Crippen LogP contribution in [0, 0.1) is 6.92 Å². The minimum Gasteiger partial charge on any atom is -0.496 e. The number of nitrogens with zero attached hydrogens (tertiary/aromatic N) is 1. The first-order chi connectivity index (χ1) is 7.15. The van der Waals surface area contributed by atoms with Crippen LogP contribution in [0.5, 0.6) is 11.5 Å². The number of hydrogen-bond donors (Lipinski definition) is 1. The Hall–Kier alpha value is -1.71. The summed E-state index contributed by atoms with van der Waals surface area (Å²) in [5, 5.41) is 11.9. The number of hydrogen-bond acceptors (Lipinski definition) is 4. The van der Waals surface area contributed by atoms with E-state index in [0.717, 1.165) is 16.9 Å². The van der Waals surface area contributed by atoms with E-state index in [2.05, 4.69) is 5.16 Å². The molecule has 1 aromatic carbocycles. The predicted octanol–water partition coefficient (Wildman–Crippen LogP) is 2.21. The van der Waals surface area contributed by atoms with Crippen molar-refractivity contribution in [2.45, 2.75) is 13.8 Å². The van der Waals surface area contributed by atoms with Crippen LogP contribution in [0.3, 0.4) is 0 Å². The van der Waals surface area contributed by atoms with Gasteiger partial charge in [0.2, 0.25) is 0 Å². The van der Waals surface area contributed by atoms with Gasteiger partial charge in [-0.1, -0.05) is 5.16 Å². The number of rotatable bonds is 3. The lowest BCUT2D eigenvalue weighted by molar-refractivity contribution is 0.318. The highest BCUT2D eigenvalue weighted by Gasteiger charge is 2.13. The van der Waals surface area contributed by atoms with Crippen LogP contribution in [0.2, 0.25) is 0 Å². The van der Waals surface area contributed by atoms with Gasteiger partial charge in [0.05, 0.1) is 19.9 Å². The number of benzene rings is 1. The molecular weight excluding hydrogens is 194 g/mol. The Kier molecular flexibility index (Phi) is 3.55. The highest BCUT2D eigenvalue weighted by molar-refractivity contribution is 6.01. The van der Waals surface area contributed by atoms with Crippen molar-refractivity contribution in [2.24, 2.45) is 5.16 Å². The first-order valence-electron chi connectivity index (χ1n) is 4.56. The molecule has 0 fully saturated rings. The maximum absolute atomic E-state index is 8.73. The molecule has 4 heteroatoms. The molecule has 0 radical (unpaired) electrons. The second kappa shape index (κ2) is 4.68. The zero-order valence-corrected chi connectivity index (χ0v) is 9.37. The molecule has 1 N–H and O–H groups in total. The van der Waals surface area contributed by atoms with Gasteiger partial charge in [-0.15, -0.1) is 0 Å². The third-order valence-electron chi connectivity index (χ3n) is 2.32. The largest absolute Gasteiger partial charge is 0.496 e. The van der Waals surface area contributed by atoms with E-state index in [1.165, 1.54) is 0 Å². The minimum absolute atomic E-state index is 0.512. The highest BCUT2D eigenvalue weighted by atomic mass is 16.5. The summed E-state index contributed by atoms with van der Waals surface area (Å²) in [6.07, 6.45) is 0. The van der Waals surface area contributed by atoms with Gasteiger partial charge >= 0.3 is 0 Å². The van der Waals surface area contributed by atoms with Gasteiger partial charge < -0.3 is 14.7 Å². The Labute approximate surface area is 89.1 Å². The molecule has 0 bridgehead atoms. The molecule has 82 valence electrons. The molecule has 0 spiro atoms. The van der Waals surface area contributed by atoms with Crippen molar-refractivity contribution in [2.75, 3.05) is 14.2 Å². The van der Waals surface area contributed by atoms with Gasteiger partial charge in [-0.2, -0.15) is 0 Å². The second-order valence-corrected chi connectivity index (χ2v) is 3.16. The molecule has 4 nitrogen and oxygen atoms in total. The smallest absolute Gasteiger partial charge is 0.134 e. The van der Waals surface area contributed by atoms with Crippen molar-refractivity contribution < 1.29 is 14.7 Å². The van der Waals surface area contributed by atoms with Crippen molar-refractivity contribution in [1.82, 2.24) is 0 Å². The van der Waals surface area contributed by atoms with Gasteiger partial charge in [0.15, 0.2) is 0 Å². The summed E-state index contributed by atoms with van der Waals surface area (Å²) >= 11 is 0. The van der Waals surface area contributed by atoms with Crippen LogP contribution < -0.4 is 9.47 Å². The van der Waals surface area contributed by atoms with Crippen LogP contribution >= 0.6 is 0 Å². The van der Waals surface area contributed by atoms with Crippen LogP contribution in [0.4, 0.5) is 0 Å². The van der Waals surface area contributed by atoms with Gasteiger partial charge in [-0.05, 0) is 26.0 Å². The molecule has 0 saturated carbocycles. The lowest BCUT2D eigenvalue weighted by atomic mass is 10.1. The standard InChI is InChI=1S/C11H15NO3/c1-7-10(14-3)6-5-9(8(2)12-13)11(7)15-4/h5-6,13H,1-4H3. The van der Waals surface area contributed by atoms with Crippen LogP contribution in [-0.2, 0) is 0 Å². The molecule has 0 atom stereocenters. The summed E-state index contributed by atoms with van der Waals surface area (Å²) in [4.78, 5) is 0. The normalized spacial score (nSPS) is 11.3. The van der Waals surface area contributed by atoms with E-state index < -0.39 is 0 Å². The minimum atomic E-state index is 0.512. The third-order valence-corrected chi connectivity index (χ3v) is 2.32. The van der Waals surface area contributed by atoms with E-state index in [0.29, 0.717) is 11.5 Å². The average molecular weight is 209 g/mol. The van der Waals surface area contributed by atoms with E-state index in [1.54, 1.807) is 27.2 Å². The first-order valence-corrected chi connectivity index (χ1v) is 4.56. The van der Waals surface area contributed by atoms with E-state index in [9.17, 15) is 0 Å². The molecular formula is C11H15NO3. The summed E-state index contributed by atoms with van der Waals surface area (Å²) in [5.41, 5.74) is 2.16. The van der Waals surface area contributed by atoms with E-state index in [4.69, 9.17) is 14.7 Å². The fraction of sp³-hybridized carbons (Fsp3) is 0.364. The molecule has 0 aliphatic rings. The molecule has 1 aromatic rings. The van der Waals surface area contributed by atoms with Crippen molar-refractivity contribution in [3.8, 4) is 11.5 Å². The summed E-state index contributed by atoms with van der Waals surface area (Å²) < 4.78 is 10.4. The van der Waals surface area contributed by atoms with E-state index in [1.807, 2.05) is 13.0 Å². The Bertz CT molecular complexity index is 386. The number of methoxy groups -OCH3 is 2. The summed E-state index contributed by atoms with van der Waals surface area (Å²) in [6.45, 7) is 3.61. The quantitative estimate of drug-likeness (QED) is 0.471. The number of ether oxygens (including phenoxy) is 2. The summed E-state index contributed by atoms with van der Waals surface area (Å²) in [7, 11) is 3.18. The predicted molar refractivity (Wildman–Crippen MR) is 58.3 cm³/mol. The van der Waals surface area contributed by atoms with Gasteiger partial charge in [0.25, 0.3) is 0 Å². The van der Waals surface area contributed by atoms with Gasteiger partial charge in [-0.3, -0.25) is 0 Å². The zero-order chi connectivity index (χ0) is 11.4. The lowest BCUT2D eigenvalue weighted by Gasteiger charge is -2.13. The van der Waals surface area contributed by atoms with Crippen molar-refractivity contribution in [3.63, 3.8) is 0 Å². The van der Waals surface area contributed by atoms with E-state index in [-0.39, 0.29) is 0 Å². The Morgan fingerprint density at radius 2 is 1.93 bits per heavy atom. The fourth-order valence-corrected chi connectivity index (χ4v) is 1.50. The lowest BCUT2D eigenvalue weighted by Crippen LogP contribution is -2.02. The Balaban J connectivity index is 3.37. The average Bonchev–Trinajstić information content (AvgIpc) is 2.27. The zero-order valence-electron chi connectivity index (χ0n) is 9.37. The Morgan fingerprint density at radius 1 is 1.27 bits per heavy atom. The molecule has 0 aromatic heterocycles. The maximum Gasteiger partial charge on any atom is 0.134 e. The number of oxime groups is 1. The van der Waals surface area contributed by atoms with Crippen molar-refractivity contribution in [1.29, 1.82) is 0 Å². The maximum atomic E-state index is 8.73. The molecule has 15 heavy (non-hydrogen) atoms. The topological polar surface area (TPSA) is 51.0 Å².